The normalized spacial score (nSPS) is 14.4. The molecule has 1 aliphatic heterocycles. The first kappa shape index (κ1) is 23.4. The minimum absolute atomic E-state index is 0.100. The number of hydrogen-bond acceptors (Lipinski definition) is 6. The Morgan fingerprint density at radius 2 is 1.94 bits per heavy atom. The van der Waals surface area contributed by atoms with Crippen molar-refractivity contribution in [2.45, 2.75) is 45.6 Å². The number of hydrogen-bond donors (Lipinski definition) is 1. The molecule has 35 heavy (non-hydrogen) atoms. The van der Waals surface area contributed by atoms with Crippen molar-refractivity contribution < 1.29 is 9.53 Å². The lowest BCUT2D eigenvalue weighted by Crippen LogP contribution is -2.44. The number of ether oxygens (including phenoxy) is 1. The van der Waals surface area contributed by atoms with Crippen molar-refractivity contribution in [3.63, 3.8) is 0 Å². The number of rotatable bonds is 7. The monoisotopic (exact) mass is 489 g/mol. The lowest BCUT2D eigenvalue weighted by Gasteiger charge is -2.32. The second kappa shape index (κ2) is 10.1. The van der Waals surface area contributed by atoms with E-state index in [1.165, 1.54) is 5.56 Å². The van der Waals surface area contributed by atoms with Crippen LogP contribution in [-0.2, 0) is 11.2 Å². The molecule has 2 aromatic heterocycles. The van der Waals surface area contributed by atoms with Crippen LogP contribution in [0.3, 0.4) is 0 Å². The van der Waals surface area contributed by atoms with Gasteiger partial charge in [-0.1, -0.05) is 41.7 Å². The third-order valence-electron chi connectivity index (χ3n) is 6.57. The molecule has 1 amide bonds. The highest BCUT2D eigenvalue weighted by atomic mass is 32.1. The third-order valence-corrected chi connectivity index (χ3v) is 7.78. The number of piperidine rings is 1. The number of fused-ring (bicyclic) bond motifs is 1. The molecule has 0 unspecified atom stereocenters. The van der Waals surface area contributed by atoms with Gasteiger partial charge < -0.3 is 15.0 Å². The van der Waals surface area contributed by atoms with Gasteiger partial charge in [0.25, 0.3) is 0 Å². The van der Waals surface area contributed by atoms with Crippen LogP contribution in [0.5, 0.6) is 5.75 Å². The first-order chi connectivity index (χ1) is 17.0. The molecule has 1 N–H and O–H groups in total. The van der Waals surface area contributed by atoms with Crippen LogP contribution in [0.15, 0.2) is 48.5 Å². The summed E-state index contributed by atoms with van der Waals surface area (Å²) in [5.74, 6) is 0.938. The van der Waals surface area contributed by atoms with E-state index in [2.05, 4.69) is 41.4 Å². The molecule has 2 aromatic carbocycles. The number of carbonyl (C=O) groups excluding carboxylic acids is 1. The largest absolute Gasteiger partial charge is 0.496 e. The predicted molar refractivity (Wildman–Crippen MR) is 141 cm³/mol. The zero-order valence-corrected chi connectivity index (χ0v) is 21.3. The maximum absolute atomic E-state index is 12.6. The molecule has 7 nitrogen and oxygen atoms in total. The van der Waals surface area contributed by atoms with Crippen molar-refractivity contribution in [1.82, 2.24) is 20.1 Å². The van der Waals surface area contributed by atoms with E-state index >= 15 is 0 Å². The van der Waals surface area contributed by atoms with Gasteiger partial charge >= 0.3 is 0 Å². The maximum Gasteiger partial charge on any atom is 0.220 e. The molecule has 3 heterocycles. The maximum atomic E-state index is 12.6. The van der Waals surface area contributed by atoms with Crippen molar-refractivity contribution >= 4 is 32.7 Å². The Kier molecular flexibility index (Phi) is 6.72. The second-order valence-electron chi connectivity index (χ2n) is 9.13. The van der Waals surface area contributed by atoms with E-state index in [9.17, 15) is 4.79 Å². The average Bonchev–Trinajstić information content (AvgIpc) is 3.44. The molecule has 4 aromatic rings. The van der Waals surface area contributed by atoms with Crippen LogP contribution in [0.2, 0.25) is 0 Å². The highest BCUT2D eigenvalue weighted by Crippen LogP contribution is 2.34. The van der Waals surface area contributed by atoms with Gasteiger partial charge in [0.15, 0.2) is 10.8 Å². The van der Waals surface area contributed by atoms with Crippen LogP contribution in [0.25, 0.3) is 16.0 Å². The zero-order chi connectivity index (χ0) is 24.4. The lowest BCUT2D eigenvalue weighted by atomic mass is 10.0. The van der Waals surface area contributed by atoms with E-state index in [0.29, 0.717) is 12.8 Å². The molecule has 0 atom stereocenters. The van der Waals surface area contributed by atoms with E-state index in [1.807, 2.05) is 35.9 Å². The molecule has 0 bridgehead atoms. The van der Waals surface area contributed by atoms with Crippen LogP contribution in [-0.4, -0.2) is 46.9 Å². The van der Waals surface area contributed by atoms with Crippen molar-refractivity contribution in [2.24, 2.45) is 0 Å². The number of para-hydroxylation sites is 1. The average molecular weight is 490 g/mol. The minimum Gasteiger partial charge on any atom is -0.496 e. The first-order valence-electron chi connectivity index (χ1n) is 12.1. The van der Waals surface area contributed by atoms with Gasteiger partial charge in [0.1, 0.15) is 5.75 Å². The van der Waals surface area contributed by atoms with E-state index in [4.69, 9.17) is 14.8 Å². The van der Waals surface area contributed by atoms with Crippen molar-refractivity contribution in [3.05, 3.63) is 65.4 Å². The molecule has 1 aliphatic rings. The number of anilines is 1. The number of aromatic nitrogens is 3. The first-order valence-corrected chi connectivity index (χ1v) is 12.9. The standard InChI is InChI=1S/C27H31N5O2S/c1-18-7-6-9-22(17-18)32-26-25(19(2)30-32)35-27(29-26)31-15-13-21(14-16-31)28-24(33)12-11-20-8-4-5-10-23(20)34-3/h4-10,17,21H,11-16H2,1-3H3,(H,28,33). The molecular formula is C27H31N5O2S. The molecule has 1 fully saturated rings. The summed E-state index contributed by atoms with van der Waals surface area (Å²) in [4.78, 5) is 19.9. The van der Waals surface area contributed by atoms with E-state index < -0.39 is 0 Å². The predicted octanol–water partition coefficient (Wildman–Crippen LogP) is 4.83. The Labute approximate surface area is 209 Å². The Balaban J connectivity index is 1.19. The number of aryl methyl sites for hydroxylation is 3. The van der Waals surface area contributed by atoms with Gasteiger partial charge in [0.2, 0.25) is 5.91 Å². The summed E-state index contributed by atoms with van der Waals surface area (Å²) in [5.41, 5.74) is 5.22. The smallest absolute Gasteiger partial charge is 0.220 e. The summed E-state index contributed by atoms with van der Waals surface area (Å²) in [6, 6.07) is 16.4. The Hall–Kier alpha value is -3.39. The molecular weight excluding hydrogens is 458 g/mol. The molecule has 8 heteroatoms. The quantitative estimate of drug-likeness (QED) is 0.403. The summed E-state index contributed by atoms with van der Waals surface area (Å²) in [6.45, 7) is 5.89. The molecule has 182 valence electrons. The van der Waals surface area contributed by atoms with Gasteiger partial charge in [-0.15, -0.1) is 0 Å². The van der Waals surface area contributed by atoms with Gasteiger partial charge in [-0.2, -0.15) is 10.1 Å². The van der Waals surface area contributed by atoms with Gasteiger partial charge in [0, 0.05) is 25.6 Å². The fourth-order valence-corrected chi connectivity index (χ4v) is 5.71. The summed E-state index contributed by atoms with van der Waals surface area (Å²) < 4.78 is 8.48. The fourth-order valence-electron chi connectivity index (χ4n) is 4.67. The van der Waals surface area contributed by atoms with E-state index in [-0.39, 0.29) is 11.9 Å². The highest BCUT2D eigenvalue weighted by molar-refractivity contribution is 7.22. The SMILES string of the molecule is COc1ccccc1CCC(=O)NC1CCN(c2nc3c(s2)c(C)nn3-c2cccc(C)c2)CC1. The number of nitrogens with zero attached hydrogens (tertiary/aromatic N) is 4. The molecule has 0 saturated carbocycles. The second-order valence-corrected chi connectivity index (χ2v) is 10.1. The lowest BCUT2D eigenvalue weighted by molar-refractivity contribution is -0.121. The van der Waals surface area contributed by atoms with E-state index in [1.54, 1.807) is 18.4 Å². The van der Waals surface area contributed by atoms with Crippen LogP contribution in [0, 0.1) is 13.8 Å². The molecule has 5 rings (SSSR count). The molecule has 1 saturated heterocycles. The number of benzene rings is 2. The fraction of sp³-hybridized carbons (Fsp3) is 0.370. The Morgan fingerprint density at radius 3 is 2.71 bits per heavy atom. The van der Waals surface area contributed by atoms with Gasteiger partial charge in [0.05, 0.1) is 23.2 Å². The number of amides is 1. The van der Waals surface area contributed by atoms with Gasteiger partial charge in [-0.25, -0.2) is 4.68 Å². The number of thiazole rings is 1. The molecule has 0 aliphatic carbocycles. The van der Waals surface area contributed by atoms with Gasteiger partial charge in [-0.05, 0) is 62.4 Å². The number of nitrogens with one attached hydrogen (secondary N) is 1. The topological polar surface area (TPSA) is 72.3 Å². The van der Waals surface area contributed by atoms with Crippen molar-refractivity contribution in [3.8, 4) is 11.4 Å². The number of methoxy groups -OCH3 is 1. The third kappa shape index (κ3) is 5.03. The Morgan fingerprint density at radius 1 is 1.14 bits per heavy atom. The van der Waals surface area contributed by atoms with Crippen molar-refractivity contribution in [1.29, 1.82) is 0 Å². The molecule has 0 spiro atoms. The van der Waals surface area contributed by atoms with Crippen LogP contribution >= 0.6 is 11.3 Å². The van der Waals surface area contributed by atoms with Crippen LogP contribution < -0.4 is 15.0 Å². The van der Waals surface area contributed by atoms with Crippen LogP contribution in [0.1, 0.15) is 36.1 Å². The highest BCUT2D eigenvalue weighted by Gasteiger charge is 2.24. The minimum atomic E-state index is 0.100. The zero-order valence-electron chi connectivity index (χ0n) is 20.5. The number of carbonyl (C=O) groups is 1. The summed E-state index contributed by atoms with van der Waals surface area (Å²) in [6.07, 6.45) is 2.98. The van der Waals surface area contributed by atoms with Gasteiger partial charge in [-0.3, -0.25) is 4.79 Å². The van der Waals surface area contributed by atoms with Crippen molar-refractivity contribution in [2.75, 3.05) is 25.1 Å². The molecule has 0 radical (unpaired) electrons. The summed E-state index contributed by atoms with van der Waals surface area (Å²) >= 11 is 1.71. The summed E-state index contributed by atoms with van der Waals surface area (Å²) in [7, 11) is 1.66. The summed E-state index contributed by atoms with van der Waals surface area (Å²) in [5, 5.41) is 8.99. The van der Waals surface area contributed by atoms with E-state index in [0.717, 1.165) is 64.1 Å². The Bertz CT molecular complexity index is 1340. The van der Waals surface area contributed by atoms with Crippen LogP contribution in [0.4, 0.5) is 5.13 Å².